The van der Waals surface area contributed by atoms with E-state index >= 15 is 0 Å². The van der Waals surface area contributed by atoms with Crippen LogP contribution in [0.15, 0.2) is 72.8 Å². The zero-order valence-corrected chi connectivity index (χ0v) is 19.8. The third-order valence-electron chi connectivity index (χ3n) is 6.45. The maximum atomic E-state index is 11.6. The average molecular weight is 479 g/mol. The summed E-state index contributed by atoms with van der Waals surface area (Å²) in [7, 11) is 0. The summed E-state index contributed by atoms with van der Waals surface area (Å²) in [5.41, 5.74) is 4.95. The molecule has 0 radical (unpaired) electrons. The van der Waals surface area contributed by atoms with E-state index in [0.717, 1.165) is 49.8 Å². The van der Waals surface area contributed by atoms with Crippen molar-refractivity contribution >= 4 is 23.4 Å². The van der Waals surface area contributed by atoms with Crippen LogP contribution in [0.1, 0.15) is 32.3 Å². The molecule has 2 aliphatic rings. The highest BCUT2D eigenvalue weighted by atomic mass is 32.2. The van der Waals surface area contributed by atoms with Crippen LogP contribution in [-0.2, 0) is 6.61 Å². The molecule has 1 fully saturated rings. The Morgan fingerprint density at radius 3 is 2.44 bits per heavy atom. The molecule has 1 atom stereocenters. The largest absolute Gasteiger partial charge is 0.489 e. The van der Waals surface area contributed by atoms with Crippen molar-refractivity contribution in [3.05, 3.63) is 95.1 Å². The summed E-state index contributed by atoms with van der Waals surface area (Å²) < 4.78 is 6.07. The molecule has 178 valence electrons. The first-order valence-corrected chi connectivity index (χ1v) is 12.5. The summed E-state index contributed by atoms with van der Waals surface area (Å²) >= 11 is 1.88. The van der Waals surface area contributed by atoms with Crippen molar-refractivity contribution in [2.75, 3.05) is 43.4 Å². The number of benzene rings is 3. The molecule has 1 unspecified atom stereocenters. The van der Waals surface area contributed by atoms with Crippen LogP contribution in [-0.4, -0.2) is 59.9 Å². The van der Waals surface area contributed by atoms with Gasteiger partial charge < -0.3 is 20.2 Å². The van der Waals surface area contributed by atoms with E-state index in [1.165, 1.54) is 16.8 Å². The molecule has 2 aliphatic heterocycles. The summed E-state index contributed by atoms with van der Waals surface area (Å²) in [6, 6.07) is 24.2. The van der Waals surface area contributed by atoms with Gasteiger partial charge in [0.15, 0.2) is 0 Å². The summed E-state index contributed by atoms with van der Waals surface area (Å²) in [6.45, 7) is 5.72. The lowest BCUT2D eigenvalue weighted by Crippen LogP contribution is -2.47. The van der Waals surface area contributed by atoms with E-state index in [-0.39, 0.29) is 10.7 Å². The number of anilines is 1. The Morgan fingerprint density at radius 1 is 0.941 bits per heavy atom. The average Bonchev–Trinajstić information content (AvgIpc) is 3.02. The normalized spacial score (nSPS) is 17.5. The van der Waals surface area contributed by atoms with Crippen molar-refractivity contribution in [1.82, 2.24) is 4.90 Å². The van der Waals surface area contributed by atoms with Gasteiger partial charge in [0.25, 0.3) is 0 Å². The molecule has 0 spiro atoms. The van der Waals surface area contributed by atoms with E-state index in [4.69, 9.17) is 4.74 Å². The van der Waals surface area contributed by atoms with Gasteiger partial charge in [-0.3, -0.25) is 4.90 Å². The van der Waals surface area contributed by atoms with Crippen molar-refractivity contribution in [1.29, 1.82) is 0 Å². The quantitative estimate of drug-likeness (QED) is 0.574. The van der Waals surface area contributed by atoms with E-state index in [0.29, 0.717) is 12.2 Å². The van der Waals surface area contributed by atoms with Crippen LogP contribution in [0, 0.1) is 0 Å². The second-order valence-corrected chi connectivity index (χ2v) is 9.67. The second kappa shape index (κ2) is 11.0. The molecule has 0 aliphatic carbocycles. The lowest BCUT2D eigenvalue weighted by Gasteiger charge is -2.36. The molecule has 0 aromatic heterocycles. The molecule has 5 rings (SSSR count). The van der Waals surface area contributed by atoms with E-state index in [1.807, 2.05) is 17.8 Å². The highest BCUT2D eigenvalue weighted by molar-refractivity contribution is 7.99. The Labute approximate surface area is 204 Å². The van der Waals surface area contributed by atoms with Gasteiger partial charge >= 0.3 is 5.97 Å². The topological polar surface area (TPSA) is 84.5 Å². The minimum absolute atomic E-state index is 0. The van der Waals surface area contributed by atoms with Gasteiger partial charge in [-0.05, 0) is 41.5 Å². The minimum Gasteiger partial charge on any atom is -0.489 e. The Kier molecular flexibility index (Phi) is 7.77. The first-order valence-electron chi connectivity index (χ1n) is 11.4. The summed E-state index contributed by atoms with van der Waals surface area (Å²) in [6.07, 6.45) is 0. The van der Waals surface area contributed by atoms with Crippen LogP contribution in [0.3, 0.4) is 0 Å². The predicted molar refractivity (Wildman–Crippen MR) is 137 cm³/mol. The van der Waals surface area contributed by atoms with Crippen molar-refractivity contribution in [3.63, 3.8) is 0 Å². The SMILES string of the molecule is O.O=C(O)c1ccc2c(c1)C(SCCN1CCN(c3ccccc3)CC1)c1ccccc1CO2. The first kappa shape index (κ1) is 24.1. The van der Waals surface area contributed by atoms with Gasteiger partial charge in [0.05, 0.1) is 10.8 Å². The zero-order valence-electron chi connectivity index (χ0n) is 19.0. The number of fused-ring (bicyclic) bond motifs is 2. The van der Waals surface area contributed by atoms with Gasteiger partial charge in [-0.15, -0.1) is 11.8 Å². The Hall–Kier alpha value is -3.00. The molecule has 0 amide bonds. The van der Waals surface area contributed by atoms with Crippen molar-refractivity contribution < 1.29 is 20.1 Å². The van der Waals surface area contributed by atoms with Crippen LogP contribution in [0.5, 0.6) is 5.75 Å². The van der Waals surface area contributed by atoms with Gasteiger partial charge in [-0.25, -0.2) is 4.79 Å². The number of aromatic carboxylic acids is 1. The fourth-order valence-corrected chi connectivity index (χ4v) is 5.98. The lowest BCUT2D eigenvalue weighted by molar-refractivity contribution is 0.0696. The summed E-state index contributed by atoms with van der Waals surface area (Å²) in [4.78, 5) is 16.6. The van der Waals surface area contributed by atoms with Crippen LogP contribution >= 0.6 is 11.8 Å². The number of hydrogen-bond acceptors (Lipinski definition) is 5. The molecule has 3 N–H and O–H groups in total. The number of thioether (sulfide) groups is 1. The van der Waals surface area contributed by atoms with Crippen LogP contribution in [0.25, 0.3) is 0 Å². The van der Waals surface area contributed by atoms with E-state index in [9.17, 15) is 9.90 Å². The maximum Gasteiger partial charge on any atom is 0.335 e. The van der Waals surface area contributed by atoms with Gasteiger partial charge in [0.2, 0.25) is 0 Å². The molecular formula is C27H30N2O4S. The number of carboxylic acid groups (broad SMARTS) is 1. The molecule has 3 aromatic carbocycles. The summed E-state index contributed by atoms with van der Waals surface area (Å²) in [5, 5.41) is 9.59. The van der Waals surface area contributed by atoms with Gasteiger partial charge in [0.1, 0.15) is 12.4 Å². The number of ether oxygens (including phenoxy) is 1. The van der Waals surface area contributed by atoms with Crippen LogP contribution in [0.2, 0.25) is 0 Å². The lowest BCUT2D eigenvalue weighted by atomic mass is 9.98. The number of carbonyl (C=O) groups is 1. The maximum absolute atomic E-state index is 11.6. The minimum atomic E-state index is -0.907. The molecular weight excluding hydrogens is 448 g/mol. The molecule has 0 saturated carbocycles. The monoisotopic (exact) mass is 478 g/mol. The van der Waals surface area contributed by atoms with E-state index in [2.05, 4.69) is 58.3 Å². The van der Waals surface area contributed by atoms with Gasteiger partial charge in [0, 0.05) is 49.7 Å². The van der Waals surface area contributed by atoms with Gasteiger partial charge in [-0.1, -0.05) is 42.5 Å². The van der Waals surface area contributed by atoms with Crippen molar-refractivity contribution in [2.45, 2.75) is 11.9 Å². The van der Waals surface area contributed by atoms with E-state index in [1.54, 1.807) is 18.2 Å². The number of hydrogen-bond donors (Lipinski definition) is 1. The summed E-state index contributed by atoms with van der Waals surface area (Å²) in [5.74, 6) is 0.849. The number of para-hydroxylation sites is 1. The number of rotatable bonds is 6. The Morgan fingerprint density at radius 2 is 1.68 bits per heavy atom. The highest BCUT2D eigenvalue weighted by Crippen LogP contribution is 2.44. The third-order valence-corrected chi connectivity index (χ3v) is 7.71. The zero-order chi connectivity index (χ0) is 22.6. The molecule has 34 heavy (non-hydrogen) atoms. The van der Waals surface area contributed by atoms with Crippen LogP contribution < -0.4 is 9.64 Å². The molecule has 3 aromatic rings. The molecule has 0 bridgehead atoms. The number of carboxylic acids is 1. The van der Waals surface area contributed by atoms with E-state index < -0.39 is 5.97 Å². The second-order valence-electron chi connectivity index (χ2n) is 8.46. The third kappa shape index (κ3) is 5.22. The Bertz CT molecular complexity index is 1120. The molecule has 2 heterocycles. The fraction of sp³-hybridized carbons (Fsp3) is 0.296. The van der Waals surface area contributed by atoms with Crippen molar-refractivity contribution in [2.24, 2.45) is 0 Å². The molecule has 6 nitrogen and oxygen atoms in total. The smallest absolute Gasteiger partial charge is 0.335 e. The molecule has 7 heteroatoms. The highest BCUT2D eigenvalue weighted by Gasteiger charge is 2.26. The van der Waals surface area contributed by atoms with Crippen molar-refractivity contribution in [3.8, 4) is 5.75 Å². The van der Waals surface area contributed by atoms with Gasteiger partial charge in [-0.2, -0.15) is 0 Å². The number of nitrogens with zero attached hydrogens (tertiary/aromatic N) is 2. The Balaban J connectivity index is 0.00000274. The molecule has 1 saturated heterocycles. The van der Waals surface area contributed by atoms with Crippen LogP contribution in [0.4, 0.5) is 5.69 Å². The first-order chi connectivity index (χ1) is 16.2. The number of piperazine rings is 1. The standard InChI is InChI=1S/C27H28N2O3S.H2O/c30-27(31)20-10-11-25-24(18-20)26(23-9-5-4-6-21(23)19-32-25)33-17-16-28-12-14-29(15-13-28)22-7-2-1-3-8-22;/h1-11,18,26H,12-17,19H2,(H,30,31);1H2. The predicted octanol–water partition coefficient (Wildman–Crippen LogP) is 4.10. The fourth-order valence-electron chi connectivity index (χ4n) is 4.61.